The number of rotatable bonds is 5. The lowest BCUT2D eigenvalue weighted by Crippen LogP contribution is -2.53. The molecule has 1 aromatic carbocycles. The minimum atomic E-state index is -0.674. The Balaban J connectivity index is 1.49. The Kier molecular flexibility index (Phi) is 6.24. The van der Waals surface area contributed by atoms with Crippen LogP contribution in [-0.4, -0.2) is 42.1 Å². The molecule has 0 radical (unpaired) electrons. The van der Waals surface area contributed by atoms with E-state index in [9.17, 15) is 14.4 Å². The molecule has 2 unspecified atom stereocenters. The number of anilines is 1. The van der Waals surface area contributed by atoms with Crippen molar-refractivity contribution in [2.75, 3.05) is 11.4 Å². The molecule has 32 heavy (non-hydrogen) atoms. The van der Waals surface area contributed by atoms with Crippen molar-refractivity contribution < 1.29 is 19.1 Å². The van der Waals surface area contributed by atoms with Crippen LogP contribution in [0.4, 0.5) is 10.5 Å². The Hall–Kier alpha value is -2.87. The van der Waals surface area contributed by atoms with Crippen molar-refractivity contribution in [2.24, 2.45) is 0 Å². The predicted molar refractivity (Wildman–Crippen MR) is 124 cm³/mol. The summed E-state index contributed by atoms with van der Waals surface area (Å²) in [5.74, 6) is -0.216. The highest BCUT2D eigenvalue weighted by Gasteiger charge is 2.41. The molecule has 3 amide bonds. The van der Waals surface area contributed by atoms with Crippen molar-refractivity contribution in [1.82, 2.24) is 10.6 Å². The second-order valence-corrected chi connectivity index (χ2v) is 10.3. The van der Waals surface area contributed by atoms with Crippen LogP contribution < -0.4 is 15.5 Å². The summed E-state index contributed by atoms with van der Waals surface area (Å²) >= 11 is 1.55. The van der Waals surface area contributed by atoms with Crippen LogP contribution in [0.5, 0.6) is 0 Å². The van der Waals surface area contributed by atoms with Gasteiger partial charge in [-0.25, -0.2) is 4.79 Å². The summed E-state index contributed by atoms with van der Waals surface area (Å²) in [6.45, 7) is 5.74. The molecule has 1 aromatic heterocycles. The molecule has 8 heteroatoms. The molecule has 0 saturated carbocycles. The highest BCUT2D eigenvalue weighted by atomic mass is 32.1. The molecule has 2 aliphatic heterocycles. The van der Waals surface area contributed by atoms with Crippen LogP contribution in [0.3, 0.4) is 0 Å². The van der Waals surface area contributed by atoms with E-state index in [1.54, 1.807) is 37.0 Å². The van der Waals surface area contributed by atoms with Crippen LogP contribution in [0.2, 0.25) is 0 Å². The molecule has 0 saturated heterocycles. The molecule has 170 valence electrons. The van der Waals surface area contributed by atoms with Gasteiger partial charge in [0.15, 0.2) is 0 Å². The van der Waals surface area contributed by atoms with Gasteiger partial charge in [0.2, 0.25) is 11.8 Å². The van der Waals surface area contributed by atoms with E-state index in [2.05, 4.69) is 10.6 Å². The molecule has 7 nitrogen and oxygen atoms in total. The van der Waals surface area contributed by atoms with Gasteiger partial charge in [-0.05, 0) is 62.6 Å². The van der Waals surface area contributed by atoms with Crippen LogP contribution in [0.15, 0.2) is 35.7 Å². The van der Waals surface area contributed by atoms with Crippen LogP contribution in [-0.2, 0) is 33.6 Å². The first kappa shape index (κ1) is 22.3. The highest BCUT2D eigenvalue weighted by Crippen LogP contribution is 2.38. The Labute approximate surface area is 192 Å². The fourth-order valence-corrected chi connectivity index (χ4v) is 5.05. The van der Waals surface area contributed by atoms with E-state index in [0.717, 1.165) is 21.7 Å². The fraction of sp³-hybridized carbons (Fsp3) is 0.458. The Morgan fingerprint density at radius 3 is 2.69 bits per heavy atom. The standard InChI is InChI=1S/C24H29N3O4S/c1-24(2,3)31-23(30)26-19-10-9-15-6-4-7-16-12-17(27(21(15)16)22(19)29)14-25-20(28)13-18-8-5-11-32-18/h4-8,11,17,19H,9-10,12-14H2,1-3H3,(H,25,28)(H,26,30). The summed E-state index contributed by atoms with van der Waals surface area (Å²) in [5.41, 5.74) is 2.49. The van der Waals surface area contributed by atoms with E-state index in [-0.39, 0.29) is 17.9 Å². The molecule has 2 aromatic rings. The van der Waals surface area contributed by atoms with Gasteiger partial charge in [-0.1, -0.05) is 24.3 Å². The molecule has 2 atom stereocenters. The highest BCUT2D eigenvalue weighted by molar-refractivity contribution is 7.10. The van der Waals surface area contributed by atoms with E-state index in [4.69, 9.17) is 4.74 Å². The minimum Gasteiger partial charge on any atom is -0.444 e. The summed E-state index contributed by atoms with van der Waals surface area (Å²) < 4.78 is 5.37. The van der Waals surface area contributed by atoms with E-state index < -0.39 is 17.7 Å². The lowest BCUT2D eigenvalue weighted by molar-refractivity contribution is -0.122. The zero-order chi connectivity index (χ0) is 22.9. The SMILES string of the molecule is CC(C)(C)OC(=O)NC1CCc2cccc3c2N(C1=O)C(CNC(=O)Cc1cccs1)C3. The zero-order valence-corrected chi connectivity index (χ0v) is 19.5. The summed E-state index contributed by atoms with van der Waals surface area (Å²) in [4.78, 5) is 41.1. The van der Waals surface area contributed by atoms with Crippen molar-refractivity contribution in [2.45, 2.75) is 64.1 Å². The largest absolute Gasteiger partial charge is 0.444 e. The van der Waals surface area contributed by atoms with Gasteiger partial charge in [0.25, 0.3) is 0 Å². The normalized spacial score (nSPS) is 19.8. The van der Waals surface area contributed by atoms with E-state index >= 15 is 0 Å². The zero-order valence-electron chi connectivity index (χ0n) is 18.6. The monoisotopic (exact) mass is 455 g/mol. The third kappa shape index (κ3) is 4.96. The smallest absolute Gasteiger partial charge is 0.408 e. The minimum absolute atomic E-state index is 0.0608. The van der Waals surface area contributed by atoms with E-state index in [0.29, 0.717) is 32.2 Å². The number of benzene rings is 1. The molecule has 4 rings (SSSR count). The van der Waals surface area contributed by atoms with Crippen molar-refractivity contribution in [3.8, 4) is 0 Å². The number of hydrogen-bond acceptors (Lipinski definition) is 5. The van der Waals surface area contributed by atoms with E-state index in [1.807, 2.05) is 35.7 Å². The van der Waals surface area contributed by atoms with Gasteiger partial charge < -0.3 is 20.3 Å². The first-order valence-corrected chi connectivity index (χ1v) is 11.8. The molecule has 0 aliphatic carbocycles. The van der Waals surface area contributed by atoms with Gasteiger partial charge in [-0.15, -0.1) is 11.3 Å². The second kappa shape index (κ2) is 8.94. The van der Waals surface area contributed by atoms with Gasteiger partial charge in [-0.2, -0.15) is 0 Å². The number of nitrogens with zero attached hydrogens (tertiary/aromatic N) is 1. The van der Waals surface area contributed by atoms with Crippen molar-refractivity contribution in [1.29, 1.82) is 0 Å². The van der Waals surface area contributed by atoms with Crippen LogP contribution in [0, 0.1) is 0 Å². The van der Waals surface area contributed by atoms with Crippen LogP contribution in [0.1, 0.15) is 43.2 Å². The molecule has 0 fully saturated rings. The van der Waals surface area contributed by atoms with Gasteiger partial charge >= 0.3 is 6.09 Å². The molecule has 3 heterocycles. The summed E-state index contributed by atoms with van der Waals surface area (Å²) in [6.07, 6.45) is 1.60. The Morgan fingerprint density at radius 2 is 1.97 bits per heavy atom. The molecule has 0 spiro atoms. The van der Waals surface area contributed by atoms with Crippen LogP contribution in [0.25, 0.3) is 0 Å². The number of carbonyl (C=O) groups excluding carboxylic acids is 3. The van der Waals surface area contributed by atoms with E-state index in [1.165, 1.54) is 0 Å². The maximum Gasteiger partial charge on any atom is 0.408 e. The van der Waals surface area contributed by atoms with Crippen molar-refractivity contribution in [3.63, 3.8) is 0 Å². The predicted octanol–water partition coefficient (Wildman–Crippen LogP) is 3.20. The lowest BCUT2D eigenvalue weighted by atomic mass is 10.0. The maximum absolute atomic E-state index is 13.5. The van der Waals surface area contributed by atoms with Gasteiger partial charge in [0, 0.05) is 11.4 Å². The number of amides is 3. The van der Waals surface area contributed by atoms with Gasteiger partial charge in [-0.3, -0.25) is 9.59 Å². The number of aryl methyl sites for hydroxylation is 1. The number of carbonyl (C=O) groups is 3. The first-order chi connectivity index (χ1) is 15.2. The maximum atomic E-state index is 13.5. The molecular formula is C24H29N3O4S. The average molecular weight is 456 g/mol. The average Bonchev–Trinajstić information content (AvgIpc) is 3.32. The number of hydrogen-bond donors (Lipinski definition) is 2. The topological polar surface area (TPSA) is 87.7 Å². The molecular weight excluding hydrogens is 426 g/mol. The lowest BCUT2D eigenvalue weighted by Gasteiger charge is -2.29. The number of para-hydroxylation sites is 1. The number of nitrogens with one attached hydrogen (secondary N) is 2. The number of thiophene rings is 1. The molecule has 2 aliphatic rings. The van der Waals surface area contributed by atoms with Crippen molar-refractivity contribution in [3.05, 3.63) is 51.7 Å². The molecule has 2 N–H and O–H groups in total. The fourth-order valence-electron chi connectivity index (χ4n) is 4.34. The summed E-state index contributed by atoms with van der Waals surface area (Å²) in [7, 11) is 0. The Bertz CT molecular complexity index is 1010. The number of alkyl carbamates (subject to hydrolysis) is 1. The molecule has 0 bridgehead atoms. The summed E-state index contributed by atoms with van der Waals surface area (Å²) in [6, 6.07) is 9.08. The van der Waals surface area contributed by atoms with Crippen molar-refractivity contribution >= 4 is 34.9 Å². The third-order valence-corrected chi connectivity index (χ3v) is 6.52. The third-order valence-electron chi connectivity index (χ3n) is 5.64. The quantitative estimate of drug-likeness (QED) is 0.725. The Morgan fingerprint density at radius 1 is 1.19 bits per heavy atom. The number of ether oxygens (including phenoxy) is 1. The van der Waals surface area contributed by atoms with Gasteiger partial charge in [0.1, 0.15) is 11.6 Å². The summed E-state index contributed by atoms with van der Waals surface area (Å²) in [5, 5.41) is 7.71. The first-order valence-electron chi connectivity index (χ1n) is 10.9. The van der Waals surface area contributed by atoms with Gasteiger partial charge in [0.05, 0.1) is 18.2 Å². The van der Waals surface area contributed by atoms with Crippen LogP contribution >= 0.6 is 11.3 Å². The second-order valence-electron chi connectivity index (χ2n) is 9.29.